The Morgan fingerprint density at radius 3 is 1.95 bits per heavy atom. The number of pyridine rings is 1. The Kier molecular flexibility index (Phi) is 2.42. The van der Waals surface area contributed by atoms with E-state index in [-0.39, 0.29) is 11.4 Å². The average molecular weight is 296 g/mol. The Bertz CT molecular complexity index is 622. The summed E-state index contributed by atoms with van der Waals surface area (Å²) in [6.07, 6.45) is 1.42. The summed E-state index contributed by atoms with van der Waals surface area (Å²) < 4.78 is 62.6. The monoisotopic (exact) mass is 296 g/mol. The molecule has 0 aliphatic rings. The average Bonchev–Trinajstić information content (AvgIpc) is 2.27. The van der Waals surface area contributed by atoms with Crippen molar-refractivity contribution in [3.05, 3.63) is 42.6 Å². The van der Waals surface area contributed by atoms with Gasteiger partial charge in [0.05, 0.1) is 0 Å². The molecule has 19 heavy (non-hydrogen) atoms. The first-order chi connectivity index (χ1) is 8.47. The van der Waals surface area contributed by atoms with Gasteiger partial charge >= 0.3 is 10.2 Å². The van der Waals surface area contributed by atoms with E-state index in [4.69, 9.17) is 5.73 Å². The van der Waals surface area contributed by atoms with E-state index in [2.05, 4.69) is 4.98 Å². The number of nitrogens with zero attached hydrogens (tertiary/aromatic N) is 1. The summed E-state index contributed by atoms with van der Waals surface area (Å²) in [6, 6.07) is 5.68. The van der Waals surface area contributed by atoms with Crippen LogP contribution in [0.1, 0.15) is 0 Å². The third-order valence-electron chi connectivity index (χ3n) is 2.45. The number of aromatic nitrogens is 1. The van der Waals surface area contributed by atoms with Crippen LogP contribution in [-0.4, -0.2) is 4.98 Å². The van der Waals surface area contributed by atoms with Crippen LogP contribution in [0.2, 0.25) is 0 Å². The Hall–Kier alpha value is -1.83. The third kappa shape index (κ3) is 2.95. The Labute approximate surface area is 105 Å². The van der Waals surface area contributed by atoms with Gasteiger partial charge in [-0.1, -0.05) is 31.6 Å². The maximum Gasteiger partial charge on any atom is 0.310 e. The molecule has 8 heteroatoms. The lowest BCUT2D eigenvalue weighted by molar-refractivity contribution is 0.364. The van der Waals surface area contributed by atoms with E-state index in [1.165, 1.54) is 12.3 Å². The molecule has 2 aromatic rings. The molecule has 1 aromatic carbocycles. The van der Waals surface area contributed by atoms with Gasteiger partial charge in [0.1, 0.15) is 10.7 Å². The molecule has 0 fully saturated rings. The number of anilines is 1. The van der Waals surface area contributed by atoms with Crippen molar-refractivity contribution in [3.63, 3.8) is 0 Å². The molecule has 0 amide bonds. The first kappa shape index (κ1) is 13.6. The Balaban J connectivity index is 2.50. The van der Waals surface area contributed by atoms with Crippen molar-refractivity contribution in [1.29, 1.82) is 0 Å². The van der Waals surface area contributed by atoms with Gasteiger partial charge in [0.15, 0.2) is 0 Å². The molecule has 0 aliphatic heterocycles. The van der Waals surface area contributed by atoms with Crippen molar-refractivity contribution >= 4 is 16.0 Å². The van der Waals surface area contributed by atoms with Gasteiger partial charge in [-0.3, -0.25) is 0 Å². The van der Waals surface area contributed by atoms with E-state index >= 15 is 0 Å². The Morgan fingerprint density at radius 1 is 0.895 bits per heavy atom. The van der Waals surface area contributed by atoms with Crippen LogP contribution in [0.5, 0.6) is 0 Å². The van der Waals surface area contributed by atoms with Gasteiger partial charge < -0.3 is 5.73 Å². The summed E-state index contributed by atoms with van der Waals surface area (Å²) in [5.74, 6) is 0.114. The lowest BCUT2D eigenvalue weighted by Gasteiger charge is -2.40. The fourth-order valence-corrected chi connectivity index (χ4v) is 2.20. The first-order valence-electron chi connectivity index (χ1n) is 5.02. The number of halogens is 5. The van der Waals surface area contributed by atoms with Gasteiger partial charge in [0.25, 0.3) is 0 Å². The van der Waals surface area contributed by atoms with Crippen LogP contribution in [0.3, 0.4) is 0 Å². The number of nitrogen functional groups attached to an aromatic ring is 1. The predicted molar refractivity (Wildman–Crippen MR) is 65.5 cm³/mol. The van der Waals surface area contributed by atoms with Crippen molar-refractivity contribution in [3.8, 4) is 11.1 Å². The van der Waals surface area contributed by atoms with E-state index in [1.807, 2.05) is 0 Å². The highest BCUT2D eigenvalue weighted by atomic mass is 32.5. The second kappa shape index (κ2) is 3.38. The van der Waals surface area contributed by atoms with Crippen LogP contribution in [0.15, 0.2) is 47.5 Å². The lowest BCUT2D eigenvalue weighted by Crippen LogP contribution is -2.05. The highest BCUT2D eigenvalue weighted by Gasteiger charge is 2.65. The number of rotatable bonds is 2. The molecule has 2 N–H and O–H groups in total. The van der Waals surface area contributed by atoms with E-state index in [0.29, 0.717) is 17.7 Å². The fraction of sp³-hybridized carbons (Fsp3) is 0. The van der Waals surface area contributed by atoms with Gasteiger partial charge in [-0.05, 0) is 29.8 Å². The molecule has 2 nitrogen and oxygen atoms in total. The molecule has 0 atom stereocenters. The summed E-state index contributed by atoms with van der Waals surface area (Å²) in [5.41, 5.74) is 6.23. The molecule has 0 saturated heterocycles. The number of hydrogen-bond acceptors (Lipinski definition) is 2. The standard InChI is InChI=1S/C11H9F5N2S/c12-19(13,14,15,16)9-5-3-8(4-6-9)10-2-1-7-18-11(10)17/h1-7H,(H2,17,18). The first-order valence-corrected chi connectivity index (χ1v) is 6.97. The van der Waals surface area contributed by atoms with Crippen LogP contribution in [0.25, 0.3) is 11.1 Å². The second-order valence-electron chi connectivity index (χ2n) is 3.93. The van der Waals surface area contributed by atoms with E-state index < -0.39 is 15.1 Å². The molecular formula is C11H9F5N2S. The van der Waals surface area contributed by atoms with Crippen molar-refractivity contribution in [1.82, 2.24) is 4.98 Å². The highest BCUT2D eigenvalue weighted by molar-refractivity contribution is 8.45. The summed E-state index contributed by atoms with van der Waals surface area (Å²) in [4.78, 5) is 1.84. The van der Waals surface area contributed by atoms with E-state index in [0.717, 1.165) is 12.1 Å². The quantitative estimate of drug-likeness (QED) is 0.793. The van der Waals surface area contributed by atoms with Crippen LogP contribution in [0.4, 0.5) is 25.2 Å². The molecule has 1 heterocycles. The van der Waals surface area contributed by atoms with Crippen LogP contribution >= 0.6 is 10.2 Å². The molecule has 0 spiro atoms. The van der Waals surface area contributed by atoms with Crippen LogP contribution < -0.4 is 5.73 Å². The van der Waals surface area contributed by atoms with Crippen LogP contribution in [-0.2, 0) is 0 Å². The van der Waals surface area contributed by atoms with Gasteiger partial charge in [0, 0.05) is 11.8 Å². The molecule has 0 unspecified atom stereocenters. The van der Waals surface area contributed by atoms with E-state index in [1.54, 1.807) is 6.07 Å². The number of benzene rings is 1. The third-order valence-corrected chi connectivity index (χ3v) is 3.61. The zero-order valence-electron chi connectivity index (χ0n) is 9.36. The molecule has 0 radical (unpaired) electrons. The Morgan fingerprint density at radius 2 is 1.47 bits per heavy atom. The molecule has 104 valence electrons. The molecule has 0 saturated carbocycles. The molecule has 2 rings (SSSR count). The van der Waals surface area contributed by atoms with Crippen LogP contribution in [0, 0.1) is 0 Å². The summed E-state index contributed by atoms with van der Waals surface area (Å²) in [7, 11) is -9.62. The minimum Gasteiger partial charge on any atom is -0.383 e. The lowest BCUT2D eigenvalue weighted by atomic mass is 10.1. The van der Waals surface area contributed by atoms with Gasteiger partial charge in [0.2, 0.25) is 0 Å². The van der Waals surface area contributed by atoms with Crippen molar-refractivity contribution < 1.29 is 19.4 Å². The summed E-state index contributed by atoms with van der Waals surface area (Å²) in [5, 5.41) is 0. The zero-order valence-corrected chi connectivity index (χ0v) is 10.2. The van der Waals surface area contributed by atoms with Gasteiger partial charge in [-0.2, -0.15) is 0 Å². The normalized spacial score (nSPS) is 15.6. The molecule has 0 bridgehead atoms. The maximum atomic E-state index is 12.5. The minimum atomic E-state index is -9.62. The smallest absolute Gasteiger partial charge is 0.310 e. The van der Waals surface area contributed by atoms with Gasteiger partial charge in [-0.25, -0.2) is 4.98 Å². The highest BCUT2D eigenvalue weighted by Crippen LogP contribution is 3.02. The van der Waals surface area contributed by atoms with Crippen molar-refractivity contribution in [2.45, 2.75) is 4.90 Å². The zero-order chi connectivity index (χ0) is 14.4. The minimum absolute atomic E-state index is 0.114. The van der Waals surface area contributed by atoms with Gasteiger partial charge in [-0.15, -0.1) is 0 Å². The molecule has 1 aromatic heterocycles. The number of hydrogen-bond donors (Lipinski definition) is 1. The number of nitrogens with two attached hydrogens (primary N) is 1. The fourth-order valence-electron chi connectivity index (χ4n) is 1.55. The molecular weight excluding hydrogens is 287 g/mol. The van der Waals surface area contributed by atoms with Crippen molar-refractivity contribution in [2.75, 3.05) is 5.73 Å². The summed E-state index contributed by atoms with van der Waals surface area (Å²) >= 11 is 0. The second-order valence-corrected chi connectivity index (χ2v) is 6.34. The topological polar surface area (TPSA) is 38.9 Å². The van der Waals surface area contributed by atoms with Crippen molar-refractivity contribution in [2.24, 2.45) is 0 Å². The predicted octanol–water partition coefficient (Wildman–Crippen LogP) is 4.99. The summed E-state index contributed by atoms with van der Waals surface area (Å²) in [6.45, 7) is 0. The maximum absolute atomic E-state index is 12.5. The SMILES string of the molecule is Nc1ncccc1-c1ccc(S(F)(F)(F)(F)F)cc1. The van der Waals surface area contributed by atoms with E-state index in [9.17, 15) is 19.4 Å². The largest absolute Gasteiger partial charge is 0.383 e. The molecule has 0 aliphatic carbocycles.